The molecule has 0 aliphatic heterocycles. The van der Waals surface area contributed by atoms with E-state index in [4.69, 9.17) is 9.84 Å². The van der Waals surface area contributed by atoms with Crippen LogP contribution in [0, 0.1) is 5.92 Å². The minimum atomic E-state index is -0.978. The standard InChI is InChI=1S/C13H18O4/c1-9(2)8-17-12(13(15)16)7-10-4-3-5-11(14)6-10/h3-6,9,12,14H,7-8H2,1-2H3,(H,15,16)/t12-/m1/s1. The molecule has 0 aliphatic carbocycles. The average Bonchev–Trinajstić information content (AvgIpc) is 2.23. The number of phenolic OH excluding ortho intramolecular Hbond substituents is 1. The topological polar surface area (TPSA) is 66.8 Å². The molecule has 0 unspecified atom stereocenters. The molecule has 1 aromatic carbocycles. The zero-order valence-electron chi connectivity index (χ0n) is 10.1. The number of hydrogen-bond donors (Lipinski definition) is 2. The van der Waals surface area contributed by atoms with Gasteiger partial charge in [0.25, 0.3) is 0 Å². The number of phenols is 1. The third-order valence-corrected chi connectivity index (χ3v) is 2.24. The van der Waals surface area contributed by atoms with Gasteiger partial charge in [0, 0.05) is 6.42 Å². The maximum absolute atomic E-state index is 11.0. The van der Waals surface area contributed by atoms with Gasteiger partial charge in [-0.3, -0.25) is 0 Å². The number of benzene rings is 1. The van der Waals surface area contributed by atoms with E-state index in [1.807, 2.05) is 13.8 Å². The Hall–Kier alpha value is -1.55. The molecule has 0 radical (unpaired) electrons. The minimum absolute atomic E-state index is 0.135. The average molecular weight is 238 g/mol. The van der Waals surface area contributed by atoms with Gasteiger partial charge < -0.3 is 14.9 Å². The molecular weight excluding hydrogens is 220 g/mol. The quantitative estimate of drug-likeness (QED) is 0.796. The van der Waals surface area contributed by atoms with E-state index in [0.717, 1.165) is 5.56 Å². The van der Waals surface area contributed by atoms with Crippen molar-refractivity contribution in [2.75, 3.05) is 6.61 Å². The van der Waals surface area contributed by atoms with E-state index >= 15 is 0 Å². The molecule has 0 heterocycles. The summed E-state index contributed by atoms with van der Waals surface area (Å²) in [5.41, 5.74) is 0.751. The van der Waals surface area contributed by atoms with Crippen LogP contribution in [0.25, 0.3) is 0 Å². The van der Waals surface area contributed by atoms with Crippen molar-refractivity contribution in [1.82, 2.24) is 0 Å². The Morgan fingerprint density at radius 3 is 2.65 bits per heavy atom. The second kappa shape index (κ2) is 6.25. The third-order valence-electron chi connectivity index (χ3n) is 2.24. The van der Waals surface area contributed by atoms with Crippen molar-refractivity contribution < 1.29 is 19.7 Å². The van der Waals surface area contributed by atoms with Gasteiger partial charge >= 0.3 is 5.97 Å². The highest BCUT2D eigenvalue weighted by molar-refractivity contribution is 5.72. The Balaban J connectivity index is 2.63. The monoisotopic (exact) mass is 238 g/mol. The molecule has 1 aromatic rings. The van der Waals surface area contributed by atoms with Crippen LogP contribution in [0.2, 0.25) is 0 Å². The lowest BCUT2D eigenvalue weighted by Gasteiger charge is -2.15. The van der Waals surface area contributed by atoms with E-state index in [0.29, 0.717) is 12.5 Å². The van der Waals surface area contributed by atoms with Crippen LogP contribution in [-0.2, 0) is 16.0 Å². The Bertz CT molecular complexity index is 373. The number of rotatable bonds is 6. The smallest absolute Gasteiger partial charge is 0.333 e. The Kier molecular flexibility index (Phi) is 4.97. The summed E-state index contributed by atoms with van der Waals surface area (Å²) < 4.78 is 5.33. The van der Waals surface area contributed by atoms with E-state index < -0.39 is 12.1 Å². The summed E-state index contributed by atoms with van der Waals surface area (Å²) in [6.07, 6.45) is -0.601. The maximum Gasteiger partial charge on any atom is 0.333 e. The first-order chi connectivity index (χ1) is 7.99. The van der Waals surface area contributed by atoms with Crippen LogP contribution in [-0.4, -0.2) is 28.9 Å². The SMILES string of the molecule is CC(C)CO[C@H](Cc1cccc(O)c1)C(=O)O. The fourth-order valence-corrected chi connectivity index (χ4v) is 1.42. The van der Waals surface area contributed by atoms with Crippen molar-refractivity contribution in [2.45, 2.75) is 26.4 Å². The molecule has 0 bridgehead atoms. The highest BCUT2D eigenvalue weighted by Crippen LogP contribution is 2.14. The lowest BCUT2D eigenvalue weighted by atomic mass is 10.1. The van der Waals surface area contributed by atoms with Gasteiger partial charge in [-0.25, -0.2) is 4.79 Å². The van der Waals surface area contributed by atoms with Crippen molar-refractivity contribution in [1.29, 1.82) is 0 Å². The van der Waals surface area contributed by atoms with Crippen molar-refractivity contribution >= 4 is 5.97 Å². The number of aliphatic carboxylic acids is 1. The predicted molar refractivity (Wildman–Crippen MR) is 64.0 cm³/mol. The fraction of sp³-hybridized carbons (Fsp3) is 0.462. The molecule has 0 aromatic heterocycles. The van der Waals surface area contributed by atoms with E-state index in [9.17, 15) is 9.90 Å². The van der Waals surface area contributed by atoms with Crippen LogP contribution >= 0.6 is 0 Å². The number of carboxylic acid groups (broad SMARTS) is 1. The maximum atomic E-state index is 11.0. The molecular formula is C13H18O4. The molecule has 2 N–H and O–H groups in total. The van der Waals surface area contributed by atoms with Crippen LogP contribution in [0.3, 0.4) is 0 Å². The van der Waals surface area contributed by atoms with Gasteiger partial charge in [-0.1, -0.05) is 26.0 Å². The van der Waals surface area contributed by atoms with Gasteiger partial charge in [0.1, 0.15) is 5.75 Å². The van der Waals surface area contributed by atoms with Crippen LogP contribution < -0.4 is 0 Å². The van der Waals surface area contributed by atoms with Crippen molar-refractivity contribution in [3.8, 4) is 5.75 Å². The lowest BCUT2D eigenvalue weighted by molar-refractivity contribution is -0.150. The molecule has 0 amide bonds. The Morgan fingerprint density at radius 1 is 1.41 bits per heavy atom. The van der Waals surface area contributed by atoms with Crippen LogP contribution in [0.1, 0.15) is 19.4 Å². The number of carbonyl (C=O) groups is 1. The first-order valence-electron chi connectivity index (χ1n) is 5.61. The van der Waals surface area contributed by atoms with E-state index in [1.54, 1.807) is 24.3 Å². The highest BCUT2D eigenvalue weighted by atomic mass is 16.5. The van der Waals surface area contributed by atoms with Crippen LogP contribution in [0.4, 0.5) is 0 Å². The Labute approximate surface area is 101 Å². The summed E-state index contributed by atoms with van der Waals surface area (Å²) in [6, 6.07) is 6.56. The molecule has 17 heavy (non-hydrogen) atoms. The number of carboxylic acids is 1. The van der Waals surface area contributed by atoms with Gasteiger partial charge in [0.05, 0.1) is 6.61 Å². The van der Waals surface area contributed by atoms with Gasteiger partial charge in [-0.05, 0) is 23.6 Å². The fourth-order valence-electron chi connectivity index (χ4n) is 1.42. The summed E-state index contributed by atoms with van der Waals surface area (Å²) in [6.45, 7) is 4.34. The second-order valence-corrected chi connectivity index (χ2v) is 4.43. The van der Waals surface area contributed by atoms with E-state index in [-0.39, 0.29) is 12.2 Å². The predicted octanol–water partition coefficient (Wildman–Crippen LogP) is 2.06. The van der Waals surface area contributed by atoms with Gasteiger partial charge in [0.2, 0.25) is 0 Å². The molecule has 0 saturated carbocycles. The first kappa shape index (κ1) is 13.5. The summed E-state index contributed by atoms with van der Waals surface area (Å²) in [7, 11) is 0. The molecule has 1 atom stereocenters. The first-order valence-corrected chi connectivity index (χ1v) is 5.61. The minimum Gasteiger partial charge on any atom is -0.508 e. The highest BCUT2D eigenvalue weighted by Gasteiger charge is 2.19. The summed E-state index contributed by atoms with van der Waals surface area (Å²) >= 11 is 0. The summed E-state index contributed by atoms with van der Waals surface area (Å²) in [5.74, 6) is -0.550. The zero-order chi connectivity index (χ0) is 12.8. The summed E-state index contributed by atoms with van der Waals surface area (Å²) in [5, 5.41) is 18.3. The number of ether oxygens (including phenoxy) is 1. The Morgan fingerprint density at radius 2 is 2.12 bits per heavy atom. The molecule has 94 valence electrons. The van der Waals surface area contributed by atoms with Gasteiger partial charge in [0.15, 0.2) is 6.10 Å². The molecule has 1 rings (SSSR count). The molecule has 0 spiro atoms. The molecule has 4 heteroatoms. The van der Waals surface area contributed by atoms with Crippen molar-refractivity contribution in [2.24, 2.45) is 5.92 Å². The van der Waals surface area contributed by atoms with E-state index in [1.165, 1.54) is 0 Å². The largest absolute Gasteiger partial charge is 0.508 e. The zero-order valence-corrected chi connectivity index (χ0v) is 10.1. The summed E-state index contributed by atoms with van der Waals surface area (Å²) in [4.78, 5) is 11.0. The van der Waals surface area contributed by atoms with Crippen LogP contribution in [0.15, 0.2) is 24.3 Å². The molecule has 0 aliphatic rings. The van der Waals surface area contributed by atoms with Crippen molar-refractivity contribution in [3.63, 3.8) is 0 Å². The van der Waals surface area contributed by atoms with E-state index in [2.05, 4.69) is 0 Å². The lowest BCUT2D eigenvalue weighted by Crippen LogP contribution is -2.27. The number of aromatic hydroxyl groups is 1. The van der Waals surface area contributed by atoms with Gasteiger partial charge in [-0.15, -0.1) is 0 Å². The third kappa shape index (κ3) is 4.87. The molecule has 0 fully saturated rings. The van der Waals surface area contributed by atoms with Crippen molar-refractivity contribution in [3.05, 3.63) is 29.8 Å². The number of hydrogen-bond acceptors (Lipinski definition) is 3. The molecule has 0 saturated heterocycles. The van der Waals surface area contributed by atoms with Gasteiger partial charge in [-0.2, -0.15) is 0 Å². The normalized spacial score (nSPS) is 12.6. The second-order valence-electron chi connectivity index (χ2n) is 4.43. The van der Waals surface area contributed by atoms with Crippen LogP contribution in [0.5, 0.6) is 5.75 Å². The molecule has 4 nitrogen and oxygen atoms in total.